The van der Waals surface area contributed by atoms with E-state index in [9.17, 15) is 4.79 Å². The molecule has 1 aliphatic heterocycles. The molecule has 0 N–H and O–H groups in total. The number of carbonyl (C=O) groups excluding carboxylic acids is 1. The van der Waals surface area contributed by atoms with Crippen LogP contribution >= 0.6 is 11.6 Å². The number of ether oxygens (including phenoxy) is 2. The van der Waals surface area contributed by atoms with Crippen LogP contribution in [0.2, 0.25) is 5.15 Å². The van der Waals surface area contributed by atoms with Crippen LogP contribution in [-0.4, -0.2) is 42.7 Å². The number of benzene rings is 1. The number of hydrogen-bond acceptors (Lipinski definition) is 4. The third kappa shape index (κ3) is 2.94. The number of pyridine rings is 1. The molecule has 2 aromatic rings. The zero-order valence-electron chi connectivity index (χ0n) is 11.6. The number of rotatable bonds is 3. The fourth-order valence-corrected chi connectivity index (χ4v) is 2.53. The van der Waals surface area contributed by atoms with E-state index >= 15 is 0 Å². The van der Waals surface area contributed by atoms with Gasteiger partial charge in [0.15, 0.2) is 0 Å². The minimum absolute atomic E-state index is 0.0212. The molecule has 1 aromatic heterocycles. The monoisotopic (exact) mass is 306 g/mol. The molecule has 1 aliphatic rings. The van der Waals surface area contributed by atoms with Gasteiger partial charge in [-0.1, -0.05) is 11.6 Å². The Hall–Kier alpha value is -1.85. The van der Waals surface area contributed by atoms with Crippen molar-refractivity contribution in [2.45, 2.75) is 6.54 Å². The minimum atomic E-state index is -0.0212. The number of morpholine rings is 1. The number of methoxy groups -OCH3 is 1. The van der Waals surface area contributed by atoms with E-state index in [-0.39, 0.29) is 12.5 Å². The predicted octanol–water partition coefficient (Wildman–Crippen LogP) is 2.26. The van der Waals surface area contributed by atoms with Crippen molar-refractivity contribution in [3.05, 3.63) is 35.0 Å². The Morgan fingerprint density at radius 1 is 1.43 bits per heavy atom. The molecule has 1 fully saturated rings. The van der Waals surface area contributed by atoms with Crippen molar-refractivity contribution in [1.82, 2.24) is 9.88 Å². The van der Waals surface area contributed by atoms with E-state index in [0.29, 0.717) is 24.8 Å². The summed E-state index contributed by atoms with van der Waals surface area (Å²) in [6, 6.07) is 7.61. The van der Waals surface area contributed by atoms with Crippen LogP contribution in [0.25, 0.3) is 10.9 Å². The van der Waals surface area contributed by atoms with Crippen molar-refractivity contribution in [1.29, 1.82) is 0 Å². The molecule has 0 atom stereocenters. The van der Waals surface area contributed by atoms with Gasteiger partial charge in [-0.25, -0.2) is 4.98 Å². The Kier molecular flexibility index (Phi) is 3.94. The van der Waals surface area contributed by atoms with Gasteiger partial charge in [0.2, 0.25) is 5.91 Å². The van der Waals surface area contributed by atoms with E-state index < -0.39 is 0 Å². The first-order valence-electron chi connectivity index (χ1n) is 6.66. The zero-order chi connectivity index (χ0) is 14.8. The summed E-state index contributed by atoms with van der Waals surface area (Å²) in [5.41, 5.74) is 1.61. The standard InChI is InChI=1S/C15H15ClN2O3/c1-20-12-3-2-10-6-11(15(16)17-13(10)7-12)8-18-4-5-21-9-14(18)19/h2-3,6-7H,4-5,8-9H2,1H3. The number of hydrogen-bond donors (Lipinski definition) is 0. The average molecular weight is 307 g/mol. The second-order valence-corrected chi connectivity index (χ2v) is 5.22. The molecule has 5 nitrogen and oxygen atoms in total. The summed E-state index contributed by atoms with van der Waals surface area (Å²) >= 11 is 6.24. The van der Waals surface area contributed by atoms with E-state index in [1.165, 1.54) is 0 Å². The first-order valence-corrected chi connectivity index (χ1v) is 7.04. The van der Waals surface area contributed by atoms with Crippen molar-refractivity contribution in [3.63, 3.8) is 0 Å². The highest BCUT2D eigenvalue weighted by atomic mass is 35.5. The third-order valence-corrected chi connectivity index (χ3v) is 3.82. The van der Waals surface area contributed by atoms with Gasteiger partial charge in [-0.2, -0.15) is 0 Å². The average Bonchev–Trinajstić information content (AvgIpc) is 2.49. The molecule has 0 bridgehead atoms. The van der Waals surface area contributed by atoms with Gasteiger partial charge in [0.25, 0.3) is 0 Å². The van der Waals surface area contributed by atoms with Crippen molar-refractivity contribution in [3.8, 4) is 5.75 Å². The normalized spacial score (nSPS) is 15.5. The number of aromatic nitrogens is 1. The maximum Gasteiger partial charge on any atom is 0.248 e. The zero-order valence-corrected chi connectivity index (χ0v) is 12.4. The Morgan fingerprint density at radius 2 is 2.29 bits per heavy atom. The van der Waals surface area contributed by atoms with Crippen LogP contribution < -0.4 is 4.74 Å². The maximum atomic E-state index is 11.8. The summed E-state index contributed by atoms with van der Waals surface area (Å²) in [5.74, 6) is 0.717. The molecule has 2 heterocycles. The van der Waals surface area contributed by atoms with Crippen molar-refractivity contribution >= 4 is 28.4 Å². The quantitative estimate of drug-likeness (QED) is 0.816. The molecule has 0 unspecified atom stereocenters. The highest BCUT2D eigenvalue weighted by Crippen LogP contribution is 2.25. The van der Waals surface area contributed by atoms with E-state index in [2.05, 4.69) is 4.98 Å². The molecule has 0 aliphatic carbocycles. The molecule has 0 spiro atoms. The summed E-state index contributed by atoms with van der Waals surface area (Å²) in [6.07, 6.45) is 0. The van der Waals surface area contributed by atoms with Crippen molar-refractivity contribution < 1.29 is 14.3 Å². The lowest BCUT2D eigenvalue weighted by Crippen LogP contribution is -2.41. The number of fused-ring (bicyclic) bond motifs is 1. The Bertz CT molecular complexity index is 690. The summed E-state index contributed by atoms with van der Waals surface area (Å²) < 4.78 is 10.3. The lowest BCUT2D eigenvalue weighted by molar-refractivity contribution is -0.143. The molecule has 0 radical (unpaired) electrons. The fourth-order valence-electron chi connectivity index (χ4n) is 2.33. The SMILES string of the molecule is COc1ccc2cc(CN3CCOCC3=O)c(Cl)nc2c1. The Balaban J connectivity index is 1.91. The van der Waals surface area contributed by atoms with Crippen LogP contribution in [0.4, 0.5) is 0 Å². The van der Waals surface area contributed by atoms with Crippen LogP contribution in [0.5, 0.6) is 5.75 Å². The van der Waals surface area contributed by atoms with E-state index in [0.717, 1.165) is 22.2 Å². The number of carbonyl (C=O) groups is 1. The largest absolute Gasteiger partial charge is 0.497 e. The molecule has 6 heteroatoms. The number of halogens is 1. The highest BCUT2D eigenvalue weighted by molar-refractivity contribution is 6.30. The molecule has 21 heavy (non-hydrogen) atoms. The summed E-state index contributed by atoms with van der Waals surface area (Å²) in [5, 5.41) is 1.38. The molecule has 0 saturated carbocycles. The van der Waals surface area contributed by atoms with Gasteiger partial charge in [-0.05, 0) is 18.2 Å². The topological polar surface area (TPSA) is 51.7 Å². The van der Waals surface area contributed by atoms with Gasteiger partial charge in [0.1, 0.15) is 17.5 Å². The van der Waals surface area contributed by atoms with Gasteiger partial charge >= 0.3 is 0 Å². The fraction of sp³-hybridized carbons (Fsp3) is 0.333. The van der Waals surface area contributed by atoms with Crippen LogP contribution in [-0.2, 0) is 16.1 Å². The first kappa shape index (κ1) is 14.1. The van der Waals surface area contributed by atoms with E-state index in [1.54, 1.807) is 12.0 Å². The van der Waals surface area contributed by atoms with Gasteiger partial charge in [0.05, 0.1) is 19.2 Å². The molecule has 3 rings (SSSR count). The number of amides is 1. The molecule has 1 aromatic carbocycles. The minimum Gasteiger partial charge on any atom is -0.497 e. The summed E-state index contributed by atoms with van der Waals surface area (Å²) in [4.78, 5) is 17.9. The predicted molar refractivity (Wildman–Crippen MR) is 79.5 cm³/mol. The van der Waals surface area contributed by atoms with Gasteiger partial charge < -0.3 is 14.4 Å². The molecule has 1 saturated heterocycles. The van der Waals surface area contributed by atoms with Crippen LogP contribution in [0.15, 0.2) is 24.3 Å². The molecular weight excluding hydrogens is 292 g/mol. The van der Waals surface area contributed by atoms with Crippen LogP contribution in [0, 0.1) is 0 Å². The van der Waals surface area contributed by atoms with Gasteiger partial charge in [0, 0.05) is 30.1 Å². The van der Waals surface area contributed by atoms with E-state index in [1.807, 2.05) is 24.3 Å². The van der Waals surface area contributed by atoms with Crippen LogP contribution in [0.1, 0.15) is 5.56 Å². The summed E-state index contributed by atoms with van der Waals surface area (Å²) in [6.45, 7) is 1.73. The summed E-state index contributed by atoms with van der Waals surface area (Å²) in [7, 11) is 1.61. The Labute approximate surface area is 127 Å². The van der Waals surface area contributed by atoms with Gasteiger partial charge in [-0.15, -0.1) is 0 Å². The molecule has 1 amide bonds. The lowest BCUT2D eigenvalue weighted by atomic mass is 10.1. The van der Waals surface area contributed by atoms with Gasteiger partial charge in [-0.3, -0.25) is 4.79 Å². The second-order valence-electron chi connectivity index (χ2n) is 4.86. The van der Waals surface area contributed by atoms with Crippen molar-refractivity contribution in [2.24, 2.45) is 0 Å². The smallest absolute Gasteiger partial charge is 0.248 e. The lowest BCUT2D eigenvalue weighted by Gasteiger charge is -2.27. The van der Waals surface area contributed by atoms with Crippen molar-refractivity contribution in [2.75, 3.05) is 26.9 Å². The molecule has 110 valence electrons. The second kappa shape index (κ2) is 5.87. The van der Waals surface area contributed by atoms with Crippen LogP contribution in [0.3, 0.4) is 0 Å². The highest BCUT2D eigenvalue weighted by Gasteiger charge is 2.20. The molecular formula is C15H15ClN2O3. The van der Waals surface area contributed by atoms with E-state index in [4.69, 9.17) is 21.1 Å². The Morgan fingerprint density at radius 3 is 3.05 bits per heavy atom. The first-order chi connectivity index (χ1) is 10.2. The maximum absolute atomic E-state index is 11.8. The number of nitrogens with zero attached hydrogens (tertiary/aromatic N) is 2. The third-order valence-electron chi connectivity index (χ3n) is 3.50.